The van der Waals surface area contributed by atoms with Gasteiger partial charge in [-0.1, -0.05) is 0 Å². The largest absolute Gasteiger partial charge is 0.458 e. The average Bonchev–Trinajstić information content (AvgIpc) is 2.61. The zero-order valence-corrected chi connectivity index (χ0v) is 9.48. The van der Waals surface area contributed by atoms with E-state index in [1.807, 2.05) is 0 Å². The SMILES string of the molecule is CC(=O)OCc1ccc(C(=O)OC(C)C)o1. The Morgan fingerprint density at radius 2 is 2.06 bits per heavy atom. The number of ether oxygens (including phenoxy) is 2. The molecule has 0 bridgehead atoms. The molecule has 0 radical (unpaired) electrons. The van der Waals surface area contributed by atoms with Gasteiger partial charge >= 0.3 is 11.9 Å². The smallest absolute Gasteiger partial charge is 0.374 e. The number of hydrogen-bond donors (Lipinski definition) is 0. The van der Waals surface area contributed by atoms with Crippen LogP contribution in [0.5, 0.6) is 0 Å². The van der Waals surface area contributed by atoms with E-state index in [0.717, 1.165) is 0 Å². The lowest BCUT2D eigenvalue weighted by Gasteiger charge is -2.05. The van der Waals surface area contributed by atoms with Crippen LogP contribution in [-0.2, 0) is 20.9 Å². The molecule has 16 heavy (non-hydrogen) atoms. The second kappa shape index (κ2) is 5.34. The van der Waals surface area contributed by atoms with Gasteiger partial charge in [0.25, 0.3) is 0 Å². The summed E-state index contributed by atoms with van der Waals surface area (Å²) in [6, 6.07) is 3.06. The van der Waals surface area contributed by atoms with Gasteiger partial charge in [0.15, 0.2) is 0 Å². The van der Waals surface area contributed by atoms with Gasteiger partial charge < -0.3 is 13.9 Å². The van der Waals surface area contributed by atoms with Crippen molar-refractivity contribution in [1.82, 2.24) is 0 Å². The molecule has 5 nitrogen and oxygen atoms in total. The number of furan rings is 1. The molecule has 0 aliphatic rings. The van der Waals surface area contributed by atoms with Crippen molar-refractivity contribution < 1.29 is 23.5 Å². The second-order valence-corrected chi connectivity index (χ2v) is 3.50. The van der Waals surface area contributed by atoms with Crippen molar-refractivity contribution in [3.05, 3.63) is 23.7 Å². The Balaban J connectivity index is 2.57. The molecule has 88 valence electrons. The summed E-state index contributed by atoms with van der Waals surface area (Å²) in [6.07, 6.45) is -0.200. The molecule has 0 N–H and O–H groups in total. The molecule has 0 amide bonds. The first-order valence-corrected chi connectivity index (χ1v) is 4.92. The van der Waals surface area contributed by atoms with Crippen LogP contribution in [0, 0.1) is 0 Å². The highest BCUT2D eigenvalue weighted by Crippen LogP contribution is 2.11. The summed E-state index contributed by atoms with van der Waals surface area (Å²) in [6.45, 7) is 4.82. The van der Waals surface area contributed by atoms with Crippen molar-refractivity contribution in [3.8, 4) is 0 Å². The number of carbonyl (C=O) groups is 2. The van der Waals surface area contributed by atoms with Gasteiger partial charge in [-0.15, -0.1) is 0 Å². The van der Waals surface area contributed by atoms with E-state index in [1.54, 1.807) is 19.9 Å². The van der Waals surface area contributed by atoms with Gasteiger partial charge in [-0.25, -0.2) is 4.79 Å². The van der Waals surface area contributed by atoms with Gasteiger partial charge in [0.2, 0.25) is 5.76 Å². The molecule has 0 saturated carbocycles. The standard InChI is InChI=1S/C11H14O5/c1-7(2)15-11(13)10-5-4-9(16-10)6-14-8(3)12/h4-5,7H,6H2,1-3H3. The zero-order chi connectivity index (χ0) is 12.1. The Kier molecular flexibility index (Phi) is 4.10. The van der Waals surface area contributed by atoms with E-state index >= 15 is 0 Å². The van der Waals surface area contributed by atoms with Crippen molar-refractivity contribution in [1.29, 1.82) is 0 Å². The van der Waals surface area contributed by atoms with Crippen LogP contribution in [0.15, 0.2) is 16.5 Å². The molecular formula is C11H14O5. The maximum absolute atomic E-state index is 11.4. The van der Waals surface area contributed by atoms with Crippen molar-refractivity contribution in [3.63, 3.8) is 0 Å². The van der Waals surface area contributed by atoms with Gasteiger partial charge in [-0.2, -0.15) is 0 Å². The fraction of sp³-hybridized carbons (Fsp3) is 0.455. The summed E-state index contributed by atoms with van der Waals surface area (Å²) in [5, 5.41) is 0. The number of rotatable bonds is 4. The molecule has 1 aromatic heterocycles. The first-order chi connectivity index (χ1) is 7.49. The van der Waals surface area contributed by atoms with Crippen LogP contribution in [0.1, 0.15) is 37.1 Å². The Labute approximate surface area is 93.3 Å². The maximum atomic E-state index is 11.4. The summed E-state index contributed by atoms with van der Waals surface area (Å²) >= 11 is 0. The Bertz CT molecular complexity index is 377. The highest BCUT2D eigenvalue weighted by Gasteiger charge is 2.14. The summed E-state index contributed by atoms with van der Waals surface area (Å²) in [7, 11) is 0. The van der Waals surface area contributed by atoms with E-state index in [2.05, 4.69) is 0 Å². The second-order valence-electron chi connectivity index (χ2n) is 3.50. The highest BCUT2D eigenvalue weighted by molar-refractivity contribution is 5.86. The predicted molar refractivity (Wildman–Crippen MR) is 54.7 cm³/mol. The van der Waals surface area contributed by atoms with Crippen LogP contribution in [0.25, 0.3) is 0 Å². The summed E-state index contributed by atoms with van der Waals surface area (Å²) in [5.41, 5.74) is 0. The molecule has 0 spiro atoms. The normalized spacial score (nSPS) is 10.2. The third kappa shape index (κ3) is 3.76. The minimum absolute atomic E-state index is 0.0181. The van der Waals surface area contributed by atoms with Gasteiger partial charge in [0.1, 0.15) is 12.4 Å². The predicted octanol–water partition coefficient (Wildman–Crippen LogP) is 1.91. The van der Waals surface area contributed by atoms with E-state index in [0.29, 0.717) is 5.76 Å². The molecule has 1 heterocycles. The Morgan fingerprint density at radius 3 is 2.62 bits per heavy atom. The van der Waals surface area contributed by atoms with E-state index in [9.17, 15) is 9.59 Å². The third-order valence-corrected chi connectivity index (χ3v) is 1.62. The molecule has 5 heteroatoms. The number of carbonyl (C=O) groups excluding carboxylic acids is 2. The zero-order valence-electron chi connectivity index (χ0n) is 9.48. The average molecular weight is 226 g/mol. The lowest BCUT2D eigenvalue weighted by molar-refractivity contribution is -0.142. The monoisotopic (exact) mass is 226 g/mol. The van der Waals surface area contributed by atoms with Crippen LogP contribution in [-0.4, -0.2) is 18.0 Å². The van der Waals surface area contributed by atoms with E-state index in [-0.39, 0.29) is 18.5 Å². The highest BCUT2D eigenvalue weighted by atomic mass is 16.6. The molecule has 0 aromatic carbocycles. The molecule has 0 aliphatic carbocycles. The molecule has 0 aliphatic heterocycles. The van der Waals surface area contributed by atoms with Crippen molar-refractivity contribution >= 4 is 11.9 Å². The molecule has 0 saturated heterocycles. The third-order valence-electron chi connectivity index (χ3n) is 1.62. The maximum Gasteiger partial charge on any atom is 0.374 e. The van der Waals surface area contributed by atoms with Gasteiger partial charge in [0, 0.05) is 6.92 Å². The number of esters is 2. The molecule has 0 unspecified atom stereocenters. The first kappa shape index (κ1) is 12.3. The minimum Gasteiger partial charge on any atom is -0.458 e. The summed E-state index contributed by atoms with van der Waals surface area (Å²) < 4.78 is 14.8. The van der Waals surface area contributed by atoms with Gasteiger partial charge in [0.05, 0.1) is 6.10 Å². The van der Waals surface area contributed by atoms with Crippen molar-refractivity contribution in [2.75, 3.05) is 0 Å². The Hall–Kier alpha value is -1.78. The van der Waals surface area contributed by atoms with Gasteiger partial charge in [-0.05, 0) is 26.0 Å². The van der Waals surface area contributed by atoms with E-state index in [1.165, 1.54) is 13.0 Å². The quantitative estimate of drug-likeness (QED) is 0.733. The fourth-order valence-electron chi connectivity index (χ4n) is 1.01. The molecule has 1 rings (SSSR count). The van der Waals surface area contributed by atoms with Crippen LogP contribution < -0.4 is 0 Å². The van der Waals surface area contributed by atoms with E-state index < -0.39 is 11.9 Å². The van der Waals surface area contributed by atoms with Crippen molar-refractivity contribution in [2.24, 2.45) is 0 Å². The first-order valence-electron chi connectivity index (χ1n) is 4.92. The topological polar surface area (TPSA) is 65.7 Å². The van der Waals surface area contributed by atoms with Crippen LogP contribution >= 0.6 is 0 Å². The van der Waals surface area contributed by atoms with Crippen LogP contribution in [0.4, 0.5) is 0 Å². The lowest BCUT2D eigenvalue weighted by Crippen LogP contribution is -2.10. The molecule has 0 atom stereocenters. The fourth-order valence-corrected chi connectivity index (χ4v) is 1.01. The number of hydrogen-bond acceptors (Lipinski definition) is 5. The summed E-state index contributed by atoms with van der Waals surface area (Å²) in [4.78, 5) is 21.9. The van der Waals surface area contributed by atoms with Crippen LogP contribution in [0.2, 0.25) is 0 Å². The Morgan fingerprint density at radius 1 is 1.38 bits per heavy atom. The van der Waals surface area contributed by atoms with Crippen molar-refractivity contribution in [2.45, 2.75) is 33.5 Å². The lowest BCUT2D eigenvalue weighted by atomic mass is 10.4. The molecule has 0 fully saturated rings. The molecular weight excluding hydrogens is 212 g/mol. The van der Waals surface area contributed by atoms with Gasteiger partial charge in [-0.3, -0.25) is 4.79 Å². The van der Waals surface area contributed by atoms with Crippen LogP contribution in [0.3, 0.4) is 0 Å². The van der Waals surface area contributed by atoms with E-state index in [4.69, 9.17) is 13.9 Å². The minimum atomic E-state index is -0.524. The molecule has 1 aromatic rings. The summed E-state index contributed by atoms with van der Waals surface area (Å²) in [5.74, 6) is -0.409.